The van der Waals surface area contributed by atoms with Gasteiger partial charge in [0.15, 0.2) is 17.5 Å². The molecule has 0 saturated heterocycles. The van der Waals surface area contributed by atoms with Crippen molar-refractivity contribution < 1.29 is 14.1 Å². The lowest BCUT2D eigenvalue weighted by atomic mass is 9.97. The van der Waals surface area contributed by atoms with Gasteiger partial charge in [0.25, 0.3) is 5.56 Å². The Bertz CT molecular complexity index is 1030. The smallest absolute Gasteiger partial charge is 0.260 e. The molecule has 1 aromatic carbocycles. The quantitative estimate of drug-likeness (QED) is 0.735. The normalized spacial score (nSPS) is 15.2. The number of benzene rings is 1. The second kappa shape index (κ2) is 6.89. The maximum absolute atomic E-state index is 13.4. The lowest BCUT2D eigenvalue weighted by Crippen LogP contribution is -2.83. The highest BCUT2D eigenvalue weighted by Crippen LogP contribution is 2.33. The highest BCUT2D eigenvalue weighted by Gasteiger charge is 2.20. The van der Waals surface area contributed by atoms with Crippen molar-refractivity contribution in [3.8, 4) is 0 Å². The third kappa shape index (κ3) is 3.17. The lowest BCUT2D eigenvalue weighted by Gasteiger charge is -2.11. The molecular weight excluding hydrogens is 356 g/mol. The van der Waals surface area contributed by atoms with Crippen LogP contribution < -0.4 is 10.9 Å². The molecule has 2 heterocycles. The molecule has 0 aliphatic heterocycles. The van der Waals surface area contributed by atoms with Crippen LogP contribution in [0.4, 0.5) is 8.78 Å². The minimum absolute atomic E-state index is 0.0710. The Labute approximate surface area is 153 Å². The van der Waals surface area contributed by atoms with Crippen LogP contribution in [0.1, 0.15) is 47.6 Å². The van der Waals surface area contributed by atoms with Gasteiger partial charge in [-0.1, -0.05) is 0 Å². The molecule has 0 amide bonds. The van der Waals surface area contributed by atoms with E-state index in [1.807, 2.05) is 12.2 Å². The highest BCUT2D eigenvalue weighted by atomic mass is 32.1. The summed E-state index contributed by atoms with van der Waals surface area (Å²) in [5, 5.41) is 2.70. The van der Waals surface area contributed by atoms with Gasteiger partial charge in [0.2, 0.25) is 0 Å². The molecule has 0 unspecified atom stereocenters. The summed E-state index contributed by atoms with van der Waals surface area (Å²) in [7, 11) is 0. The number of aromatic nitrogens is 2. The van der Waals surface area contributed by atoms with Crippen molar-refractivity contribution in [2.75, 3.05) is 0 Å². The Morgan fingerprint density at radius 3 is 2.88 bits per heavy atom. The highest BCUT2D eigenvalue weighted by molar-refractivity contribution is 7.18. The van der Waals surface area contributed by atoms with E-state index >= 15 is 0 Å². The van der Waals surface area contributed by atoms with Crippen molar-refractivity contribution in [2.24, 2.45) is 0 Å². The minimum atomic E-state index is -0.848. The number of aryl methyl sites for hydroxylation is 2. The predicted molar refractivity (Wildman–Crippen MR) is 97.3 cm³/mol. The average Bonchev–Trinajstić information content (AvgIpc) is 3.00. The standard InChI is InChI=1S/C19H19F2N3OS/c1-10(11-6-7-13(20)14(21)8-11)22-9-16-23-18(25)17-12-4-2-3-5-15(12)26-19(17)24-16/h6-8,10,22H,2-5,9H2,1H3,(H,23,24,25)/p+1/t10-/m1/s1. The molecule has 4 rings (SSSR count). The van der Waals surface area contributed by atoms with Crippen LogP contribution in [-0.2, 0) is 19.4 Å². The Morgan fingerprint density at radius 1 is 1.27 bits per heavy atom. The van der Waals surface area contributed by atoms with Crippen LogP contribution in [0.25, 0.3) is 10.2 Å². The Kier molecular flexibility index (Phi) is 4.58. The second-order valence-electron chi connectivity index (χ2n) is 6.81. The molecule has 0 radical (unpaired) electrons. The first kappa shape index (κ1) is 17.3. The SMILES string of the molecule is C[C@@H]([NH2+]Cc1nc2sc3c(c2c(=O)[nH]1)CCCC3)c1ccc(F)c(F)c1. The van der Waals surface area contributed by atoms with Gasteiger partial charge in [-0.2, -0.15) is 0 Å². The number of nitrogens with one attached hydrogen (secondary N) is 1. The molecule has 4 nitrogen and oxygen atoms in total. The molecule has 1 aliphatic rings. The molecule has 0 fully saturated rings. The third-order valence-electron chi connectivity index (χ3n) is 5.01. The topological polar surface area (TPSA) is 62.4 Å². The van der Waals surface area contributed by atoms with Crippen LogP contribution in [0.15, 0.2) is 23.0 Å². The molecule has 0 spiro atoms. The van der Waals surface area contributed by atoms with Gasteiger partial charge >= 0.3 is 0 Å². The Morgan fingerprint density at radius 2 is 2.08 bits per heavy atom. The van der Waals surface area contributed by atoms with Crippen LogP contribution in [0, 0.1) is 11.6 Å². The van der Waals surface area contributed by atoms with E-state index in [1.54, 1.807) is 17.4 Å². The Balaban J connectivity index is 1.55. The first-order valence-electron chi connectivity index (χ1n) is 8.84. The fourth-order valence-electron chi connectivity index (χ4n) is 3.53. The first-order chi connectivity index (χ1) is 12.5. The van der Waals surface area contributed by atoms with Crippen molar-refractivity contribution in [1.29, 1.82) is 0 Å². The fraction of sp³-hybridized carbons (Fsp3) is 0.368. The average molecular weight is 376 g/mol. The number of hydrogen-bond donors (Lipinski definition) is 2. The van der Waals surface area contributed by atoms with E-state index in [4.69, 9.17) is 0 Å². The number of fused-ring (bicyclic) bond motifs is 3. The van der Waals surface area contributed by atoms with Gasteiger partial charge in [0.1, 0.15) is 17.4 Å². The summed E-state index contributed by atoms with van der Waals surface area (Å²) >= 11 is 1.63. The molecule has 0 bridgehead atoms. The van der Waals surface area contributed by atoms with Crippen molar-refractivity contribution in [1.82, 2.24) is 9.97 Å². The van der Waals surface area contributed by atoms with E-state index < -0.39 is 11.6 Å². The van der Waals surface area contributed by atoms with Gasteiger partial charge in [0.05, 0.1) is 5.39 Å². The number of quaternary nitrogens is 1. The third-order valence-corrected chi connectivity index (χ3v) is 6.19. The van der Waals surface area contributed by atoms with Gasteiger partial charge in [-0.05, 0) is 56.4 Å². The summed E-state index contributed by atoms with van der Waals surface area (Å²) in [6.07, 6.45) is 4.28. The number of H-pyrrole nitrogens is 1. The summed E-state index contributed by atoms with van der Waals surface area (Å²) in [6, 6.07) is 3.84. The molecule has 26 heavy (non-hydrogen) atoms. The van der Waals surface area contributed by atoms with Gasteiger partial charge in [-0.15, -0.1) is 11.3 Å². The van der Waals surface area contributed by atoms with E-state index in [0.717, 1.165) is 35.5 Å². The van der Waals surface area contributed by atoms with Crippen molar-refractivity contribution >= 4 is 21.6 Å². The molecule has 0 saturated carbocycles. The van der Waals surface area contributed by atoms with E-state index in [2.05, 4.69) is 9.97 Å². The molecular formula is C19H20F2N3OS+. The summed E-state index contributed by atoms with van der Waals surface area (Å²) < 4.78 is 26.5. The molecule has 3 N–H and O–H groups in total. The summed E-state index contributed by atoms with van der Waals surface area (Å²) in [4.78, 5) is 22.2. The van der Waals surface area contributed by atoms with Gasteiger partial charge < -0.3 is 10.3 Å². The molecule has 1 atom stereocenters. The number of nitrogens with zero attached hydrogens (tertiary/aromatic N) is 1. The van der Waals surface area contributed by atoms with Crippen molar-refractivity contribution in [2.45, 2.75) is 45.2 Å². The summed E-state index contributed by atoms with van der Waals surface area (Å²) in [5.74, 6) is -1.09. The fourth-order valence-corrected chi connectivity index (χ4v) is 4.81. The predicted octanol–water partition coefficient (Wildman–Crippen LogP) is 2.97. The van der Waals surface area contributed by atoms with Crippen LogP contribution in [-0.4, -0.2) is 9.97 Å². The number of hydrogen-bond acceptors (Lipinski definition) is 3. The van der Waals surface area contributed by atoms with E-state index in [1.165, 1.54) is 22.9 Å². The van der Waals surface area contributed by atoms with Crippen LogP contribution >= 0.6 is 11.3 Å². The zero-order valence-electron chi connectivity index (χ0n) is 14.4. The lowest BCUT2D eigenvalue weighted by molar-refractivity contribution is -0.708. The van der Waals surface area contributed by atoms with E-state index in [-0.39, 0.29) is 11.6 Å². The second-order valence-corrected chi connectivity index (χ2v) is 7.89. The molecule has 136 valence electrons. The number of rotatable bonds is 4. The van der Waals surface area contributed by atoms with E-state index in [9.17, 15) is 13.6 Å². The molecule has 7 heteroatoms. The number of thiophene rings is 1. The molecule has 2 aromatic heterocycles. The van der Waals surface area contributed by atoms with E-state index in [0.29, 0.717) is 17.9 Å². The van der Waals surface area contributed by atoms with Crippen LogP contribution in [0.3, 0.4) is 0 Å². The minimum Gasteiger partial charge on any atom is -0.334 e. The maximum Gasteiger partial charge on any atom is 0.260 e. The first-order valence-corrected chi connectivity index (χ1v) is 9.66. The number of nitrogens with two attached hydrogens (primary N) is 1. The summed E-state index contributed by atoms with van der Waals surface area (Å²) in [6.45, 7) is 2.38. The van der Waals surface area contributed by atoms with Gasteiger partial charge in [-0.25, -0.2) is 13.8 Å². The van der Waals surface area contributed by atoms with Crippen molar-refractivity contribution in [3.63, 3.8) is 0 Å². The zero-order chi connectivity index (χ0) is 18.3. The largest absolute Gasteiger partial charge is 0.334 e. The number of halogens is 2. The van der Waals surface area contributed by atoms with Crippen molar-refractivity contribution in [3.05, 3.63) is 62.0 Å². The molecule has 1 aliphatic carbocycles. The summed E-state index contributed by atoms with van der Waals surface area (Å²) in [5.41, 5.74) is 1.80. The zero-order valence-corrected chi connectivity index (χ0v) is 15.3. The molecule has 3 aromatic rings. The van der Waals surface area contributed by atoms with Crippen LogP contribution in [0.2, 0.25) is 0 Å². The monoisotopic (exact) mass is 376 g/mol. The Hall–Kier alpha value is -2.12. The van der Waals surface area contributed by atoms with Gasteiger partial charge in [-0.3, -0.25) is 4.79 Å². The van der Waals surface area contributed by atoms with Gasteiger partial charge in [0, 0.05) is 10.4 Å². The number of aromatic amines is 1. The van der Waals surface area contributed by atoms with Crippen LogP contribution in [0.5, 0.6) is 0 Å². The maximum atomic E-state index is 13.4.